The normalized spacial score (nSPS) is 14.0. The van der Waals surface area contributed by atoms with Gasteiger partial charge in [0.1, 0.15) is 18.1 Å². The average molecular weight is 499 g/mol. The van der Waals surface area contributed by atoms with E-state index in [2.05, 4.69) is 0 Å². The molecule has 190 valence electrons. The fraction of sp³-hybridized carbons (Fsp3) is 0.321. The maximum absolute atomic E-state index is 13.2. The number of benzene rings is 3. The van der Waals surface area contributed by atoms with Crippen molar-refractivity contribution in [2.45, 2.75) is 26.6 Å². The van der Waals surface area contributed by atoms with Crippen molar-refractivity contribution in [2.75, 3.05) is 37.7 Å². The van der Waals surface area contributed by atoms with E-state index in [1.165, 1.54) is 6.07 Å². The highest BCUT2D eigenvalue weighted by Crippen LogP contribution is 2.32. The van der Waals surface area contributed by atoms with Crippen LogP contribution in [0.15, 0.2) is 66.7 Å². The Bertz CT molecular complexity index is 1200. The van der Waals surface area contributed by atoms with Gasteiger partial charge in [-0.05, 0) is 67.9 Å². The van der Waals surface area contributed by atoms with Crippen molar-refractivity contribution >= 4 is 11.6 Å². The molecule has 1 aliphatic heterocycles. The third kappa shape index (κ3) is 6.11. The number of anilines is 1. The summed E-state index contributed by atoms with van der Waals surface area (Å²) >= 11 is 0. The molecule has 1 heterocycles. The maximum Gasteiger partial charge on any atom is 0.416 e. The molecule has 5 nitrogen and oxygen atoms in total. The number of amides is 1. The first kappa shape index (κ1) is 25.4. The van der Waals surface area contributed by atoms with Gasteiger partial charge in [0.15, 0.2) is 0 Å². The number of carbonyl (C=O) groups excluding carboxylic acids is 1. The monoisotopic (exact) mass is 498 g/mol. The topological polar surface area (TPSA) is 42.0 Å². The summed E-state index contributed by atoms with van der Waals surface area (Å²) in [6.45, 7) is 6.36. The number of piperazine rings is 1. The minimum Gasteiger partial charge on any atom is -0.493 e. The SMILES string of the molecule is CCOc1ccc(C(=O)N2CCN(c3cccc(C(F)(F)F)c3)CC2)cc1COc1cccc(C)c1. The lowest BCUT2D eigenvalue weighted by atomic mass is 10.1. The maximum atomic E-state index is 13.2. The third-order valence-corrected chi connectivity index (χ3v) is 6.10. The van der Waals surface area contributed by atoms with Crippen LogP contribution in [-0.4, -0.2) is 43.6 Å². The number of alkyl halides is 3. The first-order valence-corrected chi connectivity index (χ1v) is 11.9. The average Bonchev–Trinajstić information content (AvgIpc) is 2.87. The Morgan fingerprint density at radius 1 is 0.917 bits per heavy atom. The molecular weight excluding hydrogens is 469 g/mol. The molecule has 0 bridgehead atoms. The van der Waals surface area contributed by atoms with Crippen LogP contribution in [0.25, 0.3) is 0 Å². The number of halogens is 3. The second kappa shape index (κ2) is 10.9. The number of nitrogens with zero attached hydrogens (tertiary/aromatic N) is 2. The molecule has 1 fully saturated rings. The molecular formula is C28H29F3N2O3. The van der Waals surface area contributed by atoms with Gasteiger partial charge in [-0.3, -0.25) is 4.79 Å². The van der Waals surface area contributed by atoms with Crippen molar-refractivity contribution in [2.24, 2.45) is 0 Å². The van der Waals surface area contributed by atoms with Crippen LogP contribution in [0.2, 0.25) is 0 Å². The minimum atomic E-state index is -4.39. The molecule has 0 aromatic heterocycles. The van der Waals surface area contributed by atoms with E-state index in [0.717, 1.165) is 29.0 Å². The zero-order valence-electron chi connectivity index (χ0n) is 20.3. The molecule has 0 aliphatic carbocycles. The summed E-state index contributed by atoms with van der Waals surface area (Å²) in [7, 11) is 0. The zero-order chi connectivity index (χ0) is 25.7. The Morgan fingerprint density at radius 2 is 1.67 bits per heavy atom. The molecule has 3 aromatic rings. The van der Waals surface area contributed by atoms with E-state index in [-0.39, 0.29) is 12.5 Å². The Hall–Kier alpha value is -3.68. The van der Waals surface area contributed by atoms with Gasteiger partial charge in [0, 0.05) is 43.0 Å². The van der Waals surface area contributed by atoms with Crippen molar-refractivity contribution in [3.05, 3.63) is 89.0 Å². The van der Waals surface area contributed by atoms with Crippen molar-refractivity contribution in [3.63, 3.8) is 0 Å². The largest absolute Gasteiger partial charge is 0.493 e. The van der Waals surface area contributed by atoms with E-state index < -0.39 is 11.7 Å². The molecule has 4 rings (SSSR count). The summed E-state index contributed by atoms with van der Waals surface area (Å²) in [6, 6.07) is 18.4. The first-order valence-electron chi connectivity index (χ1n) is 11.9. The molecule has 36 heavy (non-hydrogen) atoms. The number of rotatable bonds is 7. The van der Waals surface area contributed by atoms with E-state index in [0.29, 0.717) is 49.8 Å². The smallest absolute Gasteiger partial charge is 0.416 e. The van der Waals surface area contributed by atoms with Crippen molar-refractivity contribution < 1.29 is 27.4 Å². The number of hydrogen-bond donors (Lipinski definition) is 0. The van der Waals surface area contributed by atoms with Gasteiger partial charge >= 0.3 is 6.18 Å². The van der Waals surface area contributed by atoms with Gasteiger partial charge in [0.25, 0.3) is 5.91 Å². The van der Waals surface area contributed by atoms with Gasteiger partial charge in [0.2, 0.25) is 0 Å². The lowest BCUT2D eigenvalue weighted by Crippen LogP contribution is -2.48. The summed E-state index contributed by atoms with van der Waals surface area (Å²) in [4.78, 5) is 16.8. The van der Waals surface area contributed by atoms with Crippen LogP contribution in [0.4, 0.5) is 18.9 Å². The Balaban J connectivity index is 1.43. The van der Waals surface area contributed by atoms with Gasteiger partial charge in [-0.2, -0.15) is 13.2 Å². The van der Waals surface area contributed by atoms with E-state index >= 15 is 0 Å². The summed E-state index contributed by atoms with van der Waals surface area (Å²) in [5.41, 5.74) is 2.22. The standard InChI is InChI=1S/C28H29F3N2O3/c1-3-35-26-11-10-21(17-22(26)19-36-25-9-4-6-20(2)16-25)27(34)33-14-12-32(13-15-33)24-8-5-7-23(18-24)28(29,30)31/h4-11,16-18H,3,12-15,19H2,1-2H3. The Labute approximate surface area is 209 Å². The summed E-state index contributed by atoms with van der Waals surface area (Å²) in [5.74, 6) is 1.27. The van der Waals surface area contributed by atoms with Crippen LogP contribution in [0.1, 0.15) is 34.0 Å². The fourth-order valence-electron chi connectivity index (χ4n) is 4.22. The molecule has 1 amide bonds. The molecule has 0 saturated carbocycles. The molecule has 3 aromatic carbocycles. The molecule has 1 saturated heterocycles. The van der Waals surface area contributed by atoms with Crippen LogP contribution in [-0.2, 0) is 12.8 Å². The Morgan fingerprint density at radius 3 is 2.36 bits per heavy atom. The molecule has 0 unspecified atom stereocenters. The Kier molecular flexibility index (Phi) is 7.72. The van der Waals surface area contributed by atoms with Crippen LogP contribution in [0.3, 0.4) is 0 Å². The van der Waals surface area contributed by atoms with Gasteiger partial charge in [-0.25, -0.2) is 0 Å². The zero-order valence-corrected chi connectivity index (χ0v) is 20.3. The van der Waals surface area contributed by atoms with E-state index in [4.69, 9.17) is 9.47 Å². The molecule has 8 heteroatoms. The highest BCUT2D eigenvalue weighted by molar-refractivity contribution is 5.94. The van der Waals surface area contributed by atoms with Crippen molar-refractivity contribution in [1.29, 1.82) is 0 Å². The van der Waals surface area contributed by atoms with E-state index in [1.54, 1.807) is 29.2 Å². The predicted molar refractivity (Wildman–Crippen MR) is 133 cm³/mol. The van der Waals surface area contributed by atoms with Crippen LogP contribution >= 0.6 is 0 Å². The lowest BCUT2D eigenvalue weighted by molar-refractivity contribution is -0.137. The highest BCUT2D eigenvalue weighted by Gasteiger charge is 2.31. The number of aryl methyl sites for hydroxylation is 1. The van der Waals surface area contributed by atoms with Crippen LogP contribution in [0.5, 0.6) is 11.5 Å². The molecule has 1 aliphatic rings. The highest BCUT2D eigenvalue weighted by atomic mass is 19.4. The second-order valence-corrected chi connectivity index (χ2v) is 8.69. The van der Waals surface area contributed by atoms with E-state index in [1.807, 2.05) is 43.0 Å². The van der Waals surface area contributed by atoms with Gasteiger partial charge in [-0.15, -0.1) is 0 Å². The van der Waals surface area contributed by atoms with E-state index in [9.17, 15) is 18.0 Å². The van der Waals surface area contributed by atoms with Gasteiger partial charge < -0.3 is 19.3 Å². The summed E-state index contributed by atoms with van der Waals surface area (Å²) < 4.78 is 50.9. The summed E-state index contributed by atoms with van der Waals surface area (Å²) in [5, 5.41) is 0. The molecule has 0 atom stereocenters. The van der Waals surface area contributed by atoms with Crippen LogP contribution in [0, 0.1) is 6.92 Å². The number of ether oxygens (including phenoxy) is 2. The van der Waals surface area contributed by atoms with Crippen molar-refractivity contribution in [3.8, 4) is 11.5 Å². The fourth-order valence-corrected chi connectivity index (χ4v) is 4.22. The lowest BCUT2D eigenvalue weighted by Gasteiger charge is -2.36. The predicted octanol–water partition coefficient (Wildman–Crippen LogP) is 5.95. The van der Waals surface area contributed by atoms with Crippen LogP contribution < -0.4 is 14.4 Å². The van der Waals surface area contributed by atoms with Gasteiger partial charge in [0.05, 0.1) is 12.2 Å². The first-order chi connectivity index (χ1) is 17.2. The molecule has 0 radical (unpaired) electrons. The summed E-state index contributed by atoms with van der Waals surface area (Å²) in [6.07, 6.45) is -4.39. The number of carbonyl (C=O) groups is 1. The second-order valence-electron chi connectivity index (χ2n) is 8.69. The third-order valence-electron chi connectivity index (χ3n) is 6.10. The quantitative estimate of drug-likeness (QED) is 0.404. The molecule has 0 N–H and O–H groups in total. The van der Waals surface area contributed by atoms with Gasteiger partial charge in [-0.1, -0.05) is 18.2 Å². The minimum absolute atomic E-state index is 0.126. The van der Waals surface area contributed by atoms with Crippen molar-refractivity contribution in [1.82, 2.24) is 4.90 Å². The number of hydrogen-bond acceptors (Lipinski definition) is 4. The molecule has 0 spiro atoms.